The highest BCUT2D eigenvalue weighted by molar-refractivity contribution is 7.85. The second-order valence-electron chi connectivity index (χ2n) is 6.36. The summed E-state index contributed by atoms with van der Waals surface area (Å²) in [5.74, 6) is -0.442. The molecule has 154 valence electrons. The van der Waals surface area contributed by atoms with Gasteiger partial charge in [0, 0.05) is 40.8 Å². The molecule has 9 heteroatoms. The van der Waals surface area contributed by atoms with Crippen LogP contribution in [0.15, 0.2) is 76.5 Å². The van der Waals surface area contributed by atoms with Crippen molar-refractivity contribution in [1.82, 2.24) is 0 Å². The number of hydrogen-bond donors (Lipinski definition) is 1. The highest BCUT2D eigenvalue weighted by Crippen LogP contribution is 2.29. The molecular formula is C21H18ClN3O4S. The van der Waals surface area contributed by atoms with Crippen LogP contribution in [0.3, 0.4) is 0 Å². The monoisotopic (exact) mass is 443 g/mol. The molecule has 0 aromatic heterocycles. The van der Waals surface area contributed by atoms with Crippen LogP contribution in [-0.4, -0.2) is 22.1 Å². The number of anilines is 1. The normalized spacial score (nSPS) is 11.7. The van der Waals surface area contributed by atoms with Crippen molar-refractivity contribution in [3.05, 3.63) is 93.0 Å². The van der Waals surface area contributed by atoms with Crippen molar-refractivity contribution in [1.29, 1.82) is 0 Å². The molecule has 3 aromatic rings. The van der Waals surface area contributed by atoms with Crippen LogP contribution in [-0.2, 0) is 17.3 Å². The fourth-order valence-corrected chi connectivity index (χ4v) is 4.23. The summed E-state index contributed by atoms with van der Waals surface area (Å²) in [6.07, 6.45) is 0. The molecule has 1 amide bonds. The first-order chi connectivity index (χ1) is 14.3. The van der Waals surface area contributed by atoms with Gasteiger partial charge < -0.3 is 10.6 Å². The summed E-state index contributed by atoms with van der Waals surface area (Å²) in [5.41, 5.74) is 6.83. The van der Waals surface area contributed by atoms with E-state index in [0.29, 0.717) is 15.6 Å². The Labute approximate surface area is 180 Å². The second kappa shape index (κ2) is 9.17. The summed E-state index contributed by atoms with van der Waals surface area (Å²) in [6.45, 7) is 0.243. The molecular weight excluding hydrogens is 426 g/mol. The Morgan fingerprint density at radius 1 is 1.13 bits per heavy atom. The Hall–Kier alpha value is -3.07. The van der Waals surface area contributed by atoms with Crippen molar-refractivity contribution in [3.63, 3.8) is 0 Å². The molecule has 0 aliphatic carbocycles. The van der Waals surface area contributed by atoms with Crippen LogP contribution in [0.4, 0.5) is 11.4 Å². The average molecular weight is 444 g/mol. The Bertz CT molecular complexity index is 1140. The van der Waals surface area contributed by atoms with Crippen LogP contribution in [0.25, 0.3) is 0 Å². The fourth-order valence-electron chi connectivity index (χ4n) is 2.95. The van der Waals surface area contributed by atoms with E-state index < -0.39 is 27.3 Å². The third-order valence-corrected chi connectivity index (χ3v) is 6.20. The summed E-state index contributed by atoms with van der Waals surface area (Å²) < 4.78 is 12.9. The van der Waals surface area contributed by atoms with Crippen LogP contribution >= 0.6 is 11.6 Å². The number of benzene rings is 3. The Morgan fingerprint density at radius 3 is 2.43 bits per heavy atom. The van der Waals surface area contributed by atoms with Crippen molar-refractivity contribution in [2.45, 2.75) is 16.3 Å². The van der Waals surface area contributed by atoms with Gasteiger partial charge in [0.05, 0.1) is 15.7 Å². The van der Waals surface area contributed by atoms with Gasteiger partial charge in [0.15, 0.2) is 0 Å². The molecule has 7 nitrogen and oxygen atoms in total. The first-order valence-corrected chi connectivity index (χ1v) is 10.4. The number of nitro groups is 1. The first-order valence-electron chi connectivity index (χ1n) is 8.85. The quantitative estimate of drug-likeness (QED) is 0.455. The highest BCUT2D eigenvalue weighted by Gasteiger charge is 2.24. The number of para-hydroxylation sites is 1. The number of nitrogens with two attached hydrogens (primary N) is 1. The van der Waals surface area contributed by atoms with Gasteiger partial charge in [-0.2, -0.15) is 0 Å². The number of carbonyl (C=O) groups excluding carboxylic acids is 1. The number of carbonyl (C=O) groups is 1. The lowest BCUT2D eigenvalue weighted by Gasteiger charge is -2.20. The molecule has 0 saturated heterocycles. The molecule has 0 spiro atoms. The molecule has 0 aliphatic heterocycles. The Kier molecular flexibility index (Phi) is 6.61. The van der Waals surface area contributed by atoms with Gasteiger partial charge in [0.25, 0.3) is 11.6 Å². The minimum absolute atomic E-state index is 0.00360. The van der Waals surface area contributed by atoms with Crippen LogP contribution in [0.5, 0.6) is 0 Å². The summed E-state index contributed by atoms with van der Waals surface area (Å²) >= 11 is 5.84. The number of halogens is 1. The van der Waals surface area contributed by atoms with Gasteiger partial charge in [0.2, 0.25) is 0 Å². The molecule has 0 heterocycles. The molecule has 0 saturated carbocycles. The summed E-state index contributed by atoms with van der Waals surface area (Å²) in [5, 5.41) is 12.1. The van der Waals surface area contributed by atoms with E-state index in [1.54, 1.807) is 49.5 Å². The average Bonchev–Trinajstić information content (AvgIpc) is 2.77. The Morgan fingerprint density at radius 2 is 1.80 bits per heavy atom. The smallest absolute Gasteiger partial charge is 0.286 e. The van der Waals surface area contributed by atoms with Crippen molar-refractivity contribution in [2.24, 2.45) is 5.73 Å². The molecule has 3 aromatic carbocycles. The van der Waals surface area contributed by atoms with Gasteiger partial charge >= 0.3 is 0 Å². The number of hydrogen-bond acceptors (Lipinski definition) is 5. The number of nitro benzene ring substituents is 1. The van der Waals surface area contributed by atoms with Gasteiger partial charge in [-0.1, -0.05) is 29.8 Å². The van der Waals surface area contributed by atoms with Crippen molar-refractivity contribution in [3.8, 4) is 0 Å². The predicted octanol–water partition coefficient (Wildman–Crippen LogP) is 4.15. The van der Waals surface area contributed by atoms with Crippen LogP contribution < -0.4 is 10.6 Å². The van der Waals surface area contributed by atoms with Crippen molar-refractivity contribution < 1.29 is 13.9 Å². The predicted molar refractivity (Wildman–Crippen MR) is 116 cm³/mol. The van der Waals surface area contributed by atoms with Crippen LogP contribution in [0, 0.1) is 10.1 Å². The number of rotatable bonds is 6. The summed E-state index contributed by atoms with van der Waals surface area (Å²) in [7, 11) is -0.230. The molecule has 30 heavy (non-hydrogen) atoms. The lowest BCUT2D eigenvalue weighted by molar-refractivity contribution is -0.387. The summed E-state index contributed by atoms with van der Waals surface area (Å²) in [6, 6.07) is 17.3. The standard InChI is InChI=1S/C21H18ClN3O4S/c1-24(18-5-3-2-4-15(18)13-23)21(26)14-6-11-20(19(12-14)25(27)28)30(29)17-9-7-16(22)8-10-17/h2-12H,13,23H2,1H3. The molecule has 2 N–H and O–H groups in total. The molecule has 3 rings (SSSR count). The zero-order chi connectivity index (χ0) is 21.8. The lowest BCUT2D eigenvalue weighted by atomic mass is 10.1. The molecule has 0 radical (unpaired) electrons. The van der Waals surface area contributed by atoms with E-state index in [-0.39, 0.29) is 17.0 Å². The van der Waals surface area contributed by atoms with E-state index in [1.807, 2.05) is 6.07 Å². The first kappa shape index (κ1) is 21.6. The largest absolute Gasteiger partial charge is 0.326 e. The van der Waals surface area contributed by atoms with E-state index in [1.165, 1.54) is 17.0 Å². The van der Waals surface area contributed by atoms with Crippen LogP contribution in [0.2, 0.25) is 5.02 Å². The van der Waals surface area contributed by atoms with Crippen molar-refractivity contribution in [2.75, 3.05) is 11.9 Å². The third kappa shape index (κ3) is 4.40. The molecule has 0 bridgehead atoms. The lowest BCUT2D eigenvalue weighted by Crippen LogP contribution is -2.27. The van der Waals surface area contributed by atoms with E-state index in [9.17, 15) is 19.1 Å². The van der Waals surface area contributed by atoms with Gasteiger partial charge in [-0.15, -0.1) is 0 Å². The molecule has 1 unspecified atom stereocenters. The topological polar surface area (TPSA) is 107 Å². The zero-order valence-corrected chi connectivity index (χ0v) is 17.5. The van der Waals surface area contributed by atoms with Crippen molar-refractivity contribution >= 4 is 39.7 Å². The maximum Gasteiger partial charge on any atom is 0.286 e. The zero-order valence-electron chi connectivity index (χ0n) is 15.9. The van der Waals surface area contributed by atoms with Gasteiger partial charge in [-0.25, -0.2) is 4.21 Å². The van der Waals surface area contributed by atoms with Gasteiger partial charge in [-0.05, 0) is 48.0 Å². The highest BCUT2D eigenvalue weighted by atomic mass is 35.5. The number of nitrogens with zero attached hydrogens (tertiary/aromatic N) is 2. The Balaban J connectivity index is 1.98. The maximum absolute atomic E-state index is 12.9. The van der Waals surface area contributed by atoms with E-state index in [0.717, 1.165) is 11.6 Å². The van der Waals surface area contributed by atoms with E-state index >= 15 is 0 Å². The number of amides is 1. The SMILES string of the molecule is CN(C(=O)c1ccc(S(=O)c2ccc(Cl)cc2)c([N+](=O)[O-])c1)c1ccccc1CN. The van der Waals surface area contributed by atoms with Crippen LogP contribution in [0.1, 0.15) is 15.9 Å². The fraction of sp³-hybridized carbons (Fsp3) is 0.0952. The van der Waals surface area contributed by atoms with Gasteiger partial charge in [0.1, 0.15) is 4.90 Å². The molecule has 1 atom stereocenters. The minimum atomic E-state index is -1.80. The second-order valence-corrected chi connectivity index (χ2v) is 8.24. The summed E-state index contributed by atoms with van der Waals surface area (Å²) in [4.78, 5) is 25.7. The van der Waals surface area contributed by atoms with E-state index in [4.69, 9.17) is 17.3 Å². The molecule has 0 fully saturated rings. The molecule has 0 aliphatic rings. The minimum Gasteiger partial charge on any atom is -0.326 e. The maximum atomic E-state index is 12.9. The van der Waals surface area contributed by atoms with E-state index in [2.05, 4.69) is 0 Å². The van der Waals surface area contributed by atoms with Gasteiger partial charge in [-0.3, -0.25) is 14.9 Å². The third-order valence-electron chi connectivity index (χ3n) is 4.51.